The minimum atomic E-state index is 0. The minimum absolute atomic E-state index is 0. The first-order valence-electron chi connectivity index (χ1n) is 2.77. The first kappa shape index (κ1) is 8.40. The molecule has 50 valence electrons. The minimum Gasteiger partial charge on any atom is -0.395 e. The predicted molar refractivity (Wildman–Crippen MR) is 38.4 cm³/mol. The molecule has 8 heavy (non-hydrogen) atoms. The lowest BCUT2D eigenvalue weighted by Crippen LogP contribution is -2.24. The maximum Gasteiger partial charge on any atom is 0.0584 e. The normalized spacial score (nSPS) is 27.4. The molecule has 0 spiro atoms. The van der Waals surface area contributed by atoms with Crippen molar-refractivity contribution in [2.45, 2.75) is 18.9 Å². The second-order valence-electron chi connectivity index (χ2n) is 1.98. The summed E-state index contributed by atoms with van der Waals surface area (Å²) in [5, 5.41) is 11.7. The molecule has 0 aromatic carbocycles. The van der Waals surface area contributed by atoms with E-state index in [0.717, 1.165) is 13.0 Å². The quantitative estimate of drug-likeness (QED) is 0.611. The molecule has 0 amide bonds. The van der Waals surface area contributed by atoms with Gasteiger partial charge in [-0.25, -0.2) is 0 Å². The van der Waals surface area contributed by atoms with Crippen LogP contribution in [0.2, 0.25) is 0 Å². The third-order valence-electron chi connectivity index (χ3n) is 1.38. The molecule has 1 atom stereocenters. The van der Waals surface area contributed by atoms with Crippen molar-refractivity contribution >= 4 is 17.0 Å². The lowest BCUT2D eigenvalue weighted by atomic mass is 10.2. The molecule has 0 aromatic heterocycles. The molecule has 2 N–H and O–H groups in total. The maximum atomic E-state index is 8.50. The van der Waals surface area contributed by atoms with Crippen molar-refractivity contribution in [2.24, 2.45) is 0 Å². The first-order chi connectivity index (χ1) is 3.43. The fraction of sp³-hybridized carbons (Fsp3) is 1.00. The molecule has 1 fully saturated rings. The van der Waals surface area contributed by atoms with E-state index >= 15 is 0 Å². The highest BCUT2D eigenvalue weighted by atomic mass is 79.9. The SMILES string of the molecule is Br.OC[C@H]1CCCN1. The Labute approximate surface area is 60.0 Å². The fourth-order valence-electron chi connectivity index (χ4n) is 0.913. The average Bonchev–Trinajstić information content (AvgIpc) is 2.14. The Hall–Kier alpha value is 0.400. The van der Waals surface area contributed by atoms with Crippen LogP contribution < -0.4 is 5.32 Å². The molecular formula is C5H12BrNO. The zero-order valence-electron chi connectivity index (χ0n) is 4.76. The Morgan fingerprint density at radius 1 is 1.62 bits per heavy atom. The molecule has 0 bridgehead atoms. The molecule has 0 unspecified atom stereocenters. The molecule has 0 aliphatic carbocycles. The van der Waals surface area contributed by atoms with Crippen molar-refractivity contribution in [3.63, 3.8) is 0 Å². The lowest BCUT2D eigenvalue weighted by Gasteiger charge is -2.01. The summed E-state index contributed by atoms with van der Waals surface area (Å²) in [5.41, 5.74) is 0. The van der Waals surface area contributed by atoms with Crippen LogP contribution in [-0.4, -0.2) is 24.3 Å². The highest BCUT2D eigenvalue weighted by Gasteiger charge is 2.10. The Kier molecular flexibility index (Phi) is 4.51. The zero-order chi connectivity index (χ0) is 5.11. The van der Waals surface area contributed by atoms with Gasteiger partial charge in [-0.15, -0.1) is 17.0 Å². The Bertz CT molecular complexity index is 54.4. The predicted octanol–water partition coefficient (Wildman–Crippen LogP) is 0.309. The van der Waals surface area contributed by atoms with Gasteiger partial charge in [0.05, 0.1) is 6.61 Å². The van der Waals surface area contributed by atoms with Gasteiger partial charge in [0.2, 0.25) is 0 Å². The standard InChI is InChI=1S/C5H11NO.BrH/c7-4-5-2-1-3-6-5;/h5-7H,1-4H2;1H/t5-;/m1./s1. The van der Waals surface area contributed by atoms with Crippen LogP contribution in [0.5, 0.6) is 0 Å². The molecule has 1 saturated heterocycles. The molecule has 1 rings (SSSR count). The van der Waals surface area contributed by atoms with Crippen molar-refractivity contribution in [1.29, 1.82) is 0 Å². The summed E-state index contributed by atoms with van der Waals surface area (Å²) >= 11 is 0. The second-order valence-corrected chi connectivity index (χ2v) is 1.98. The van der Waals surface area contributed by atoms with E-state index in [0.29, 0.717) is 12.6 Å². The number of halogens is 1. The van der Waals surface area contributed by atoms with Crippen molar-refractivity contribution in [3.8, 4) is 0 Å². The van der Waals surface area contributed by atoms with E-state index in [1.54, 1.807) is 0 Å². The summed E-state index contributed by atoms with van der Waals surface area (Å²) < 4.78 is 0. The Morgan fingerprint density at radius 3 is 2.62 bits per heavy atom. The van der Waals surface area contributed by atoms with Gasteiger partial charge in [-0.2, -0.15) is 0 Å². The number of nitrogens with one attached hydrogen (secondary N) is 1. The molecule has 1 aliphatic heterocycles. The summed E-state index contributed by atoms with van der Waals surface area (Å²) in [6, 6.07) is 0.403. The van der Waals surface area contributed by atoms with Gasteiger partial charge in [-0.3, -0.25) is 0 Å². The third-order valence-corrected chi connectivity index (χ3v) is 1.38. The number of aliphatic hydroxyl groups excluding tert-OH is 1. The van der Waals surface area contributed by atoms with Crippen molar-refractivity contribution < 1.29 is 5.11 Å². The van der Waals surface area contributed by atoms with Gasteiger partial charge in [0.15, 0.2) is 0 Å². The van der Waals surface area contributed by atoms with E-state index in [4.69, 9.17) is 5.11 Å². The van der Waals surface area contributed by atoms with Gasteiger partial charge < -0.3 is 10.4 Å². The van der Waals surface area contributed by atoms with E-state index in [-0.39, 0.29) is 17.0 Å². The van der Waals surface area contributed by atoms with Crippen LogP contribution in [0.4, 0.5) is 0 Å². The maximum absolute atomic E-state index is 8.50. The number of hydrogen-bond donors (Lipinski definition) is 2. The van der Waals surface area contributed by atoms with Gasteiger partial charge in [0, 0.05) is 6.04 Å². The van der Waals surface area contributed by atoms with Crippen LogP contribution in [0, 0.1) is 0 Å². The van der Waals surface area contributed by atoms with E-state index < -0.39 is 0 Å². The molecular weight excluding hydrogens is 170 g/mol. The smallest absolute Gasteiger partial charge is 0.0584 e. The van der Waals surface area contributed by atoms with Crippen LogP contribution in [0.25, 0.3) is 0 Å². The Morgan fingerprint density at radius 2 is 2.38 bits per heavy atom. The van der Waals surface area contributed by atoms with Gasteiger partial charge >= 0.3 is 0 Å². The summed E-state index contributed by atoms with van der Waals surface area (Å²) in [6.07, 6.45) is 2.38. The first-order valence-corrected chi connectivity index (χ1v) is 2.77. The largest absolute Gasteiger partial charge is 0.395 e. The van der Waals surface area contributed by atoms with Crippen LogP contribution in [0.1, 0.15) is 12.8 Å². The lowest BCUT2D eigenvalue weighted by molar-refractivity contribution is 0.255. The highest BCUT2D eigenvalue weighted by Crippen LogP contribution is 2.02. The molecule has 3 heteroatoms. The topological polar surface area (TPSA) is 32.3 Å². The van der Waals surface area contributed by atoms with Crippen LogP contribution in [0.3, 0.4) is 0 Å². The number of hydrogen-bond acceptors (Lipinski definition) is 2. The number of rotatable bonds is 1. The summed E-state index contributed by atoms with van der Waals surface area (Å²) in [6.45, 7) is 1.39. The summed E-state index contributed by atoms with van der Waals surface area (Å²) in [4.78, 5) is 0. The van der Waals surface area contributed by atoms with Gasteiger partial charge in [-0.05, 0) is 19.4 Å². The molecule has 2 nitrogen and oxygen atoms in total. The molecule has 1 aliphatic rings. The van der Waals surface area contributed by atoms with E-state index in [9.17, 15) is 0 Å². The van der Waals surface area contributed by atoms with Crippen molar-refractivity contribution in [3.05, 3.63) is 0 Å². The number of aliphatic hydroxyl groups is 1. The fourth-order valence-corrected chi connectivity index (χ4v) is 0.913. The van der Waals surface area contributed by atoms with E-state index in [1.807, 2.05) is 0 Å². The highest BCUT2D eigenvalue weighted by molar-refractivity contribution is 8.93. The average molecular weight is 182 g/mol. The van der Waals surface area contributed by atoms with Crippen LogP contribution in [-0.2, 0) is 0 Å². The van der Waals surface area contributed by atoms with Crippen LogP contribution in [0.15, 0.2) is 0 Å². The molecule has 0 aromatic rings. The van der Waals surface area contributed by atoms with Gasteiger partial charge in [0.1, 0.15) is 0 Å². The third kappa shape index (κ3) is 2.11. The molecule has 1 heterocycles. The van der Waals surface area contributed by atoms with E-state index in [1.165, 1.54) is 6.42 Å². The Balaban J connectivity index is 0.000000490. The van der Waals surface area contributed by atoms with Gasteiger partial charge in [-0.1, -0.05) is 0 Å². The zero-order valence-corrected chi connectivity index (χ0v) is 6.47. The molecule has 0 saturated carbocycles. The summed E-state index contributed by atoms with van der Waals surface area (Å²) in [7, 11) is 0. The second kappa shape index (κ2) is 4.30. The van der Waals surface area contributed by atoms with Crippen molar-refractivity contribution in [2.75, 3.05) is 13.2 Å². The van der Waals surface area contributed by atoms with E-state index in [2.05, 4.69) is 5.32 Å². The van der Waals surface area contributed by atoms with Gasteiger partial charge in [0.25, 0.3) is 0 Å². The molecule has 0 radical (unpaired) electrons. The summed E-state index contributed by atoms with van der Waals surface area (Å²) in [5.74, 6) is 0. The van der Waals surface area contributed by atoms with Crippen LogP contribution >= 0.6 is 17.0 Å². The van der Waals surface area contributed by atoms with Crippen molar-refractivity contribution in [1.82, 2.24) is 5.32 Å². The monoisotopic (exact) mass is 181 g/mol.